The highest BCUT2D eigenvalue weighted by Crippen LogP contribution is 2.48. The maximum Gasteiger partial charge on any atom is 0.407 e. The molecule has 17 heteroatoms. The number of carbonyl (C=O) groups excluding carboxylic acids is 4. The van der Waals surface area contributed by atoms with Crippen LogP contribution in [0.5, 0.6) is 0 Å². The molecule has 3 fully saturated rings. The van der Waals surface area contributed by atoms with Crippen LogP contribution in [0.15, 0.2) is 54.7 Å². The Hall–Kier alpha value is -6.26. The van der Waals surface area contributed by atoms with Gasteiger partial charge in [0.2, 0.25) is 17.8 Å². The van der Waals surface area contributed by atoms with E-state index in [0.717, 1.165) is 71.7 Å². The minimum Gasteiger partial charge on any atom is -0.453 e. The fourth-order valence-corrected chi connectivity index (χ4v) is 9.58. The van der Waals surface area contributed by atoms with Gasteiger partial charge in [0.15, 0.2) is 0 Å². The maximum absolute atomic E-state index is 14.8. The molecule has 0 saturated carbocycles. The zero-order valence-electron chi connectivity index (χ0n) is 36.0. The van der Waals surface area contributed by atoms with E-state index in [0.29, 0.717) is 30.4 Å². The molecule has 2 aromatic carbocycles. The second kappa shape index (κ2) is 17.6. The number of nitrogens with one attached hydrogen (secondary N) is 4. The number of carbonyl (C=O) groups is 4. The number of pyridine rings is 1. The van der Waals surface area contributed by atoms with Gasteiger partial charge in [-0.2, -0.15) is 4.39 Å². The van der Waals surface area contributed by atoms with Crippen LogP contribution in [0.25, 0.3) is 22.1 Å². The van der Waals surface area contributed by atoms with Crippen molar-refractivity contribution in [3.63, 3.8) is 0 Å². The molecule has 62 heavy (non-hydrogen) atoms. The van der Waals surface area contributed by atoms with Crippen LogP contribution >= 0.6 is 0 Å². The maximum atomic E-state index is 14.8. The van der Waals surface area contributed by atoms with Gasteiger partial charge in [-0.3, -0.25) is 9.59 Å². The third-order valence-electron chi connectivity index (χ3n) is 12.7. The van der Waals surface area contributed by atoms with E-state index < -0.39 is 30.2 Å². The molecule has 5 aromatic rings. The Morgan fingerprint density at radius 3 is 1.56 bits per heavy atom. The van der Waals surface area contributed by atoms with Crippen LogP contribution in [-0.4, -0.2) is 98.1 Å². The Kier molecular flexibility index (Phi) is 12.1. The normalized spacial score (nSPS) is 21.3. The number of anilines is 1. The molecule has 3 aliphatic rings. The van der Waals surface area contributed by atoms with Gasteiger partial charge in [-0.25, -0.2) is 24.5 Å². The van der Waals surface area contributed by atoms with Gasteiger partial charge in [-0.15, -0.1) is 0 Å². The molecular weight excluding hydrogens is 796 g/mol. The molecular formula is C45H55FN10O6. The Labute approximate surface area is 359 Å². The molecule has 0 unspecified atom stereocenters. The number of aromatic amines is 2. The molecule has 16 nitrogen and oxygen atoms in total. The molecule has 8 rings (SSSR count). The Bertz CT molecular complexity index is 2320. The Balaban J connectivity index is 1.06. The molecule has 0 spiro atoms. The van der Waals surface area contributed by atoms with Gasteiger partial charge in [0.05, 0.1) is 60.5 Å². The van der Waals surface area contributed by atoms with Crippen LogP contribution in [-0.2, 0) is 19.1 Å². The Morgan fingerprint density at radius 2 is 1.15 bits per heavy atom. The van der Waals surface area contributed by atoms with Crippen molar-refractivity contribution in [1.29, 1.82) is 0 Å². The summed E-state index contributed by atoms with van der Waals surface area (Å²) in [5.41, 5.74) is 5.96. The molecule has 3 aromatic heterocycles. The first-order valence-electron chi connectivity index (χ1n) is 21.5. The van der Waals surface area contributed by atoms with Crippen LogP contribution in [0.2, 0.25) is 0 Å². The predicted molar refractivity (Wildman–Crippen MR) is 229 cm³/mol. The first-order valence-corrected chi connectivity index (χ1v) is 21.5. The largest absolute Gasteiger partial charge is 0.453 e. The van der Waals surface area contributed by atoms with E-state index in [1.54, 1.807) is 9.80 Å². The number of benzene rings is 2. The zero-order chi connectivity index (χ0) is 43.8. The number of imidazole rings is 2. The van der Waals surface area contributed by atoms with E-state index in [9.17, 15) is 23.6 Å². The van der Waals surface area contributed by atoms with Crippen molar-refractivity contribution < 1.29 is 33.0 Å². The summed E-state index contributed by atoms with van der Waals surface area (Å²) < 4.78 is 24.4. The highest BCUT2D eigenvalue weighted by atomic mass is 19.1. The monoisotopic (exact) mass is 850 g/mol. The number of hydrogen-bond donors (Lipinski definition) is 4. The van der Waals surface area contributed by atoms with Gasteiger partial charge in [0.1, 0.15) is 23.7 Å². The first kappa shape index (κ1) is 42.4. The van der Waals surface area contributed by atoms with E-state index in [4.69, 9.17) is 19.4 Å². The van der Waals surface area contributed by atoms with Crippen LogP contribution in [0.1, 0.15) is 113 Å². The summed E-state index contributed by atoms with van der Waals surface area (Å²) in [4.78, 5) is 78.5. The number of halogens is 1. The third-order valence-corrected chi connectivity index (χ3v) is 12.7. The van der Waals surface area contributed by atoms with Crippen molar-refractivity contribution in [1.82, 2.24) is 45.4 Å². The summed E-state index contributed by atoms with van der Waals surface area (Å²) in [5.74, 6) is 0.182. The van der Waals surface area contributed by atoms with Crippen LogP contribution < -0.4 is 15.5 Å². The lowest BCUT2D eigenvalue weighted by Crippen LogP contribution is -2.51. The lowest BCUT2D eigenvalue weighted by Gasteiger charge is -2.33. The number of nitrogens with zero attached hydrogens (tertiary/aromatic N) is 6. The minimum atomic E-state index is -0.733. The summed E-state index contributed by atoms with van der Waals surface area (Å²) in [6.45, 7) is 8.67. The average Bonchev–Trinajstić information content (AvgIpc) is 4.12. The minimum absolute atomic E-state index is 0.122. The predicted octanol–water partition coefficient (Wildman–Crippen LogP) is 7.14. The van der Waals surface area contributed by atoms with E-state index in [2.05, 4.69) is 54.8 Å². The summed E-state index contributed by atoms with van der Waals surface area (Å²) in [6, 6.07) is 13.4. The lowest BCUT2D eigenvalue weighted by molar-refractivity contribution is -0.136. The number of ether oxygens (including phenoxy) is 2. The summed E-state index contributed by atoms with van der Waals surface area (Å²) in [7, 11) is 2.56. The second-order valence-corrected chi connectivity index (χ2v) is 17.2. The third kappa shape index (κ3) is 8.23. The van der Waals surface area contributed by atoms with Gasteiger partial charge in [0, 0.05) is 31.0 Å². The van der Waals surface area contributed by atoms with Crippen molar-refractivity contribution >= 4 is 51.8 Å². The number of fused-ring (bicyclic) bond motifs is 2. The highest BCUT2D eigenvalue weighted by molar-refractivity contribution is 5.87. The van der Waals surface area contributed by atoms with Gasteiger partial charge < -0.3 is 44.8 Å². The number of likely N-dealkylation sites (tertiary alicyclic amines) is 2. The summed E-state index contributed by atoms with van der Waals surface area (Å²) >= 11 is 0. The number of amides is 4. The first-order chi connectivity index (χ1) is 29.8. The van der Waals surface area contributed by atoms with Gasteiger partial charge in [-0.05, 0) is 91.8 Å². The van der Waals surface area contributed by atoms with Crippen LogP contribution in [0, 0.1) is 17.8 Å². The number of H-pyrrole nitrogens is 2. The molecule has 328 valence electrons. The molecule has 0 bridgehead atoms. The smallest absolute Gasteiger partial charge is 0.407 e. The van der Waals surface area contributed by atoms with Gasteiger partial charge >= 0.3 is 12.2 Å². The zero-order valence-corrected chi connectivity index (χ0v) is 36.0. The van der Waals surface area contributed by atoms with Crippen molar-refractivity contribution in [3.05, 3.63) is 83.5 Å². The molecule has 6 atom stereocenters. The van der Waals surface area contributed by atoms with E-state index >= 15 is 0 Å². The standard InChI is InChI=1S/C45H55FN10O6/c1-24(2)38(52-44(59)61-5)42(57)54-19-7-9-35(54)40-48-29-13-11-26(21-31(29)50-40)33-15-16-34(56(33)28-17-18-47-37(46)23-28)27-12-14-30-32(22-27)51-41(49-30)36-10-8-20-55(36)43(58)39(25(3)4)53-45(60)62-6/h11-14,17-18,21-25,33-36,38-39H,7-10,15-16,19-20H2,1-6H3,(H,48,50)(H,49,51)(H,52,59)(H,53,60)/t33-,34-,35+,36+,38+,39+/m1/s1. The fraction of sp³-hybridized carbons (Fsp3) is 0.489. The molecule has 4 N–H and O–H groups in total. The molecule has 6 heterocycles. The molecule has 3 aliphatic heterocycles. The number of methoxy groups -OCH3 is 2. The second-order valence-electron chi connectivity index (χ2n) is 17.2. The van der Waals surface area contributed by atoms with Crippen LogP contribution in [0.4, 0.5) is 19.7 Å². The van der Waals surface area contributed by atoms with Gasteiger partial charge in [-0.1, -0.05) is 39.8 Å². The SMILES string of the molecule is COC(=O)N[C@H](C(=O)N1CCC[C@H]1c1nc2cc([C@H]3CC[C@H](c4ccc5[nH]c([C@@H]6CCCN6C(=O)[C@@H](NC(=O)OC)C(C)C)nc5c4)N3c3ccnc(F)c3)ccc2[nH]1)C(C)C. The molecule has 3 saturated heterocycles. The summed E-state index contributed by atoms with van der Waals surface area (Å²) in [5, 5.41) is 5.42. The van der Waals surface area contributed by atoms with Crippen molar-refractivity contribution in [2.45, 2.75) is 102 Å². The van der Waals surface area contributed by atoms with Crippen molar-refractivity contribution in [2.24, 2.45) is 11.8 Å². The van der Waals surface area contributed by atoms with Crippen molar-refractivity contribution in [3.8, 4) is 0 Å². The Morgan fingerprint density at radius 1 is 0.677 bits per heavy atom. The van der Waals surface area contributed by atoms with E-state index in [1.807, 2.05) is 45.9 Å². The number of aromatic nitrogens is 5. The molecule has 0 radical (unpaired) electrons. The fourth-order valence-electron chi connectivity index (χ4n) is 9.58. The quantitative estimate of drug-likeness (QED) is 0.0994. The van der Waals surface area contributed by atoms with Gasteiger partial charge in [0.25, 0.3) is 0 Å². The van der Waals surface area contributed by atoms with E-state index in [1.165, 1.54) is 26.5 Å². The number of rotatable bonds is 11. The lowest BCUT2D eigenvalue weighted by atomic mass is 10.0. The highest BCUT2D eigenvalue weighted by Gasteiger charge is 2.40. The van der Waals surface area contributed by atoms with Crippen molar-refractivity contribution in [2.75, 3.05) is 32.2 Å². The molecule has 0 aliphatic carbocycles. The summed E-state index contributed by atoms with van der Waals surface area (Å²) in [6.07, 6.45) is 4.85. The average molecular weight is 851 g/mol. The van der Waals surface area contributed by atoms with E-state index in [-0.39, 0.29) is 47.8 Å². The number of hydrogen-bond acceptors (Lipinski definition) is 10. The topological polar surface area (TPSA) is 191 Å². The van der Waals surface area contributed by atoms with Crippen LogP contribution in [0.3, 0.4) is 0 Å². The molecule has 4 amide bonds. The number of alkyl carbamates (subject to hydrolysis) is 2.